The first kappa shape index (κ1) is 17.1. The van der Waals surface area contributed by atoms with E-state index in [1.165, 1.54) is 0 Å². The minimum absolute atomic E-state index is 0.0600. The van der Waals surface area contributed by atoms with E-state index in [9.17, 15) is 9.59 Å². The molecule has 6 nitrogen and oxygen atoms in total. The van der Waals surface area contributed by atoms with Gasteiger partial charge in [-0.3, -0.25) is 4.79 Å². The fourth-order valence-electron chi connectivity index (χ4n) is 2.68. The van der Waals surface area contributed by atoms with Crippen LogP contribution in [-0.4, -0.2) is 43.6 Å². The molecule has 3 amide bonds. The number of rotatable bonds is 5. The molecule has 0 saturated carbocycles. The Kier molecular flexibility index (Phi) is 6.26. The molecule has 1 aromatic carbocycles. The predicted octanol–water partition coefficient (Wildman–Crippen LogP) is 2.47. The Bertz CT molecular complexity index is 530. The highest BCUT2D eigenvalue weighted by atomic mass is 16.5. The van der Waals surface area contributed by atoms with Crippen LogP contribution in [0.4, 0.5) is 10.5 Å². The number of carbonyl (C=O) groups excluding carboxylic acids is 2. The van der Waals surface area contributed by atoms with Gasteiger partial charge in [0.2, 0.25) is 5.91 Å². The van der Waals surface area contributed by atoms with Gasteiger partial charge in [0, 0.05) is 31.7 Å². The molecular formula is C17H25N3O3. The number of hydrogen-bond donors (Lipinski definition) is 2. The Labute approximate surface area is 137 Å². The highest BCUT2D eigenvalue weighted by Crippen LogP contribution is 2.19. The van der Waals surface area contributed by atoms with Crippen molar-refractivity contribution in [2.45, 2.75) is 26.2 Å². The van der Waals surface area contributed by atoms with Crippen LogP contribution in [-0.2, 0) is 4.79 Å². The van der Waals surface area contributed by atoms with E-state index in [0.717, 1.165) is 30.8 Å². The third-order valence-corrected chi connectivity index (χ3v) is 4.06. The molecule has 0 spiro atoms. The van der Waals surface area contributed by atoms with Crippen molar-refractivity contribution >= 4 is 17.6 Å². The maximum atomic E-state index is 12.4. The van der Waals surface area contributed by atoms with Crippen LogP contribution < -0.4 is 15.4 Å². The fourth-order valence-corrected chi connectivity index (χ4v) is 2.68. The smallest absolute Gasteiger partial charge is 0.321 e. The molecule has 1 heterocycles. The first-order valence-electron chi connectivity index (χ1n) is 8.09. The SMILES string of the molecule is CCC(=O)NCC1CCCN(C(=O)Nc2ccc(OC)cc2)C1. The average molecular weight is 319 g/mol. The van der Waals surface area contributed by atoms with Gasteiger partial charge in [0.15, 0.2) is 0 Å². The number of methoxy groups -OCH3 is 1. The molecule has 2 rings (SSSR count). The minimum atomic E-state index is -0.0957. The molecule has 1 aliphatic rings. The fraction of sp³-hybridized carbons (Fsp3) is 0.529. The van der Waals surface area contributed by atoms with Crippen LogP contribution in [0.1, 0.15) is 26.2 Å². The zero-order chi connectivity index (χ0) is 16.7. The standard InChI is InChI=1S/C17H25N3O3/c1-3-16(21)18-11-13-5-4-10-20(12-13)17(22)19-14-6-8-15(23-2)9-7-14/h6-9,13H,3-5,10-12H2,1-2H3,(H,18,21)(H,19,22). The van der Waals surface area contributed by atoms with E-state index in [-0.39, 0.29) is 11.9 Å². The molecule has 126 valence electrons. The summed E-state index contributed by atoms with van der Waals surface area (Å²) in [5, 5.41) is 5.82. The number of nitrogens with zero attached hydrogens (tertiary/aromatic N) is 1. The van der Waals surface area contributed by atoms with Crippen LogP contribution in [0.5, 0.6) is 5.75 Å². The lowest BCUT2D eigenvalue weighted by molar-refractivity contribution is -0.121. The van der Waals surface area contributed by atoms with Crippen LogP contribution >= 0.6 is 0 Å². The van der Waals surface area contributed by atoms with Crippen molar-refractivity contribution in [1.82, 2.24) is 10.2 Å². The van der Waals surface area contributed by atoms with Gasteiger partial charge in [-0.05, 0) is 43.0 Å². The molecule has 1 saturated heterocycles. The number of nitrogens with one attached hydrogen (secondary N) is 2. The Morgan fingerprint density at radius 2 is 2.04 bits per heavy atom. The molecule has 1 aliphatic heterocycles. The van der Waals surface area contributed by atoms with Crippen LogP contribution in [0.2, 0.25) is 0 Å². The van der Waals surface area contributed by atoms with E-state index in [4.69, 9.17) is 4.74 Å². The van der Waals surface area contributed by atoms with Crippen molar-refractivity contribution in [3.8, 4) is 5.75 Å². The Balaban J connectivity index is 1.84. The molecule has 23 heavy (non-hydrogen) atoms. The Morgan fingerprint density at radius 3 is 2.70 bits per heavy atom. The van der Waals surface area contributed by atoms with Gasteiger partial charge in [-0.2, -0.15) is 0 Å². The van der Waals surface area contributed by atoms with E-state index in [1.54, 1.807) is 7.11 Å². The van der Waals surface area contributed by atoms with E-state index in [2.05, 4.69) is 10.6 Å². The quantitative estimate of drug-likeness (QED) is 0.876. The molecular weight excluding hydrogens is 294 g/mol. The van der Waals surface area contributed by atoms with Gasteiger partial charge >= 0.3 is 6.03 Å². The molecule has 2 N–H and O–H groups in total. The first-order chi connectivity index (χ1) is 11.1. The third-order valence-electron chi connectivity index (χ3n) is 4.06. The lowest BCUT2D eigenvalue weighted by Crippen LogP contribution is -2.45. The number of ether oxygens (including phenoxy) is 1. The van der Waals surface area contributed by atoms with Crippen LogP contribution in [0, 0.1) is 5.92 Å². The van der Waals surface area contributed by atoms with Crippen molar-refractivity contribution in [2.24, 2.45) is 5.92 Å². The highest BCUT2D eigenvalue weighted by molar-refractivity contribution is 5.89. The molecule has 1 aromatic rings. The summed E-state index contributed by atoms with van der Waals surface area (Å²) >= 11 is 0. The second-order valence-corrected chi connectivity index (χ2v) is 5.77. The number of likely N-dealkylation sites (tertiary alicyclic amines) is 1. The van der Waals surface area contributed by atoms with E-state index in [0.29, 0.717) is 25.4 Å². The number of anilines is 1. The van der Waals surface area contributed by atoms with Gasteiger partial charge in [-0.1, -0.05) is 6.92 Å². The molecule has 6 heteroatoms. The zero-order valence-corrected chi connectivity index (χ0v) is 13.8. The van der Waals surface area contributed by atoms with Crippen LogP contribution in [0.15, 0.2) is 24.3 Å². The van der Waals surface area contributed by atoms with Crippen LogP contribution in [0.3, 0.4) is 0 Å². The second-order valence-electron chi connectivity index (χ2n) is 5.77. The minimum Gasteiger partial charge on any atom is -0.497 e. The molecule has 0 aliphatic carbocycles. The molecule has 1 fully saturated rings. The van der Waals surface area contributed by atoms with E-state index >= 15 is 0 Å². The molecule has 0 bridgehead atoms. The van der Waals surface area contributed by atoms with Crippen molar-refractivity contribution in [1.29, 1.82) is 0 Å². The number of urea groups is 1. The summed E-state index contributed by atoms with van der Waals surface area (Å²) in [6, 6.07) is 7.17. The Hall–Kier alpha value is -2.24. The maximum Gasteiger partial charge on any atom is 0.321 e. The summed E-state index contributed by atoms with van der Waals surface area (Å²) in [4.78, 5) is 25.5. The first-order valence-corrected chi connectivity index (χ1v) is 8.09. The van der Waals surface area contributed by atoms with Gasteiger partial charge in [-0.25, -0.2) is 4.79 Å². The van der Waals surface area contributed by atoms with E-state index in [1.807, 2.05) is 36.1 Å². The van der Waals surface area contributed by atoms with Crippen LogP contribution in [0.25, 0.3) is 0 Å². The number of piperidine rings is 1. The van der Waals surface area contributed by atoms with E-state index < -0.39 is 0 Å². The van der Waals surface area contributed by atoms with Gasteiger partial charge < -0.3 is 20.3 Å². The number of hydrogen-bond acceptors (Lipinski definition) is 3. The average Bonchev–Trinajstić information content (AvgIpc) is 2.60. The molecule has 0 radical (unpaired) electrons. The summed E-state index contributed by atoms with van der Waals surface area (Å²) in [6.45, 7) is 3.90. The molecule has 1 unspecified atom stereocenters. The molecule has 1 atom stereocenters. The molecule has 0 aromatic heterocycles. The third kappa shape index (κ3) is 5.16. The normalized spacial score (nSPS) is 17.5. The number of amides is 3. The summed E-state index contributed by atoms with van der Waals surface area (Å²) < 4.78 is 5.10. The van der Waals surface area contributed by atoms with Gasteiger partial charge in [-0.15, -0.1) is 0 Å². The maximum absolute atomic E-state index is 12.4. The summed E-state index contributed by atoms with van der Waals surface area (Å²) in [7, 11) is 1.61. The van der Waals surface area contributed by atoms with Gasteiger partial charge in [0.1, 0.15) is 5.75 Å². The lowest BCUT2D eigenvalue weighted by Gasteiger charge is -2.32. The highest BCUT2D eigenvalue weighted by Gasteiger charge is 2.23. The van der Waals surface area contributed by atoms with Crippen molar-refractivity contribution < 1.29 is 14.3 Å². The largest absolute Gasteiger partial charge is 0.497 e. The predicted molar refractivity (Wildman–Crippen MR) is 89.6 cm³/mol. The zero-order valence-electron chi connectivity index (χ0n) is 13.8. The van der Waals surface area contributed by atoms with Crippen molar-refractivity contribution in [2.75, 3.05) is 32.1 Å². The monoisotopic (exact) mass is 319 g/mol. The van der Waals surface area contributed by atoms with Gasteiger partial charge in [0.05, 0.1) is 7.11 Å². The summed E-state index contributed by atoms with van der Waals surface area (Å²) in [5.41, 5.74) is 0.747. The number of carbonyl (C=O) groups is 2. The number of benzene rings is 1. The summed E-state index contributed by atoms with van der Waals surface area (Å²) in [5.74, 6) is 1.14. The topological polar surface area (TPSA) is 70.7 Å². The van der Waals surface area contributed by atoms with Crippen molar-refractivity contribution in [3.05, 3.63) is 24.3 Å². The second kappa shape index (κ2) is 8.41. The van der Waals surface area contributed by atoms with Gasteiger partial charge in [0.25, 0.3) is 0 Å². The Morgan fingerprint density at radius 1 is 1.30 bits per heavy atom. The lowest BCUT2D eigenvalue weighted by atomic mass is 9.98. The summed E-state index contributed by atoms with van der Waals surface area (Å²) in [6.07, 6.45) is 2.49. The van der Waals surface area contributed by atoms with Crippen molar-refractivity contribution in [3.63, 3.8) is 0 Å².